The van der Waals surface area contributed by atoms with Gasteiger partial charge in [0.2, 0.25) is 0 Å². The first kappa shape index (κ1) is 16.9. The second kappa shape index (κ2) is 5.50. The molecule has 0 bridgehead atoms. The van der Waals surface area contributed by atoms with Crippen molar-refractivity contribution in [2.75, 3.05) is 5.73 Å². The van der Waals surface area contributed by atoms with Gasteiger partial charge in [-0.25, -0.2) is 0 Å². The van der Waals surface area contributed by atoms with Gasteiger partial charge in [0.25, 0.3) is 27.5 Å². The first-order valence-corrected chi connectivity index (χ1v) is 9.05. The Kier molecular flexibility index (Phi) is 3.45. The van der Waals surface area contributed by atoms with Crippen LogP contribution in [0.1, 0.15) is 20.7 Å². The van der Waals surface area contributed by atoms with E-state index >= 15 is 0 Å². The molecule has 2 heterocycles. The highest BCUT2D eigenvalue weighted by molar-refractivity contribution is 7.86. The van der Waals surface area contributed by atoms with Gasteiger partial charge >= 0.3 is 0 Å². The largest absolute Gasteiger partial charge is 0.384 e. The summed E-state index contributed by atoms with van der Waals surface area (Å²) in [6.07, 6.45) is 0. The predicted molar refractivity (Wildman–Crippen MR) is 95.6 cm³/mol. The minimum atomic E-state index is -4.76. The molecule has 0 atom stereocenters. The number of carbonyl (C=O) groups excluding carboxylic acids is 2. The number of fused-ring (bicyclic) bond motifs is 2. The van der Waals surface area contributed by atoms with Crippen LogP contribution in [0.5, 0.6) is 0 Å². The number of nitrogen functional groups attached to an aromatic ring is 1. The Labute approximate surface area is 151 Å². The topological polar surface area (TPSA) is 149 Å². The number of imide groups is 1. The van der Waals surface area contributed by atoms with Gasteiger partial charge in [0.1, 0.15) is 10.7 Å². The number of anilines is 1. The summed E-state index contributed by atoms with van der Waals surface area (Å²) in [5.74, 6) is -1.96. The lowest BCUT2D eigenvalue weighted by Gasteiger charge is -2.16. The van der Waals surface area contributed by atoms with E-state index in [4.69, 9.17) is 5.73 Å². The number of pyridine rings is 1. The summed E-state index contributed by atoms with van der Waals surface area (Å²) >= 11 is 0. The number of rotatable bonds is 2. The lowest BCUT2D eigenvalue weighted by molar-refractivity contribution is 0.0880. The Balaban J connectivity index is 2.17. The number of nitrogens with one attached hydrogen (secondary N) is 1. The van der Waals surface area contributed by atoms with E-state index < -0.39 is 38.2 Å². The molecule has 1 aliphatic heterocycles. The molecule has 2 aromatic carbocycles. The predicted octanol–water partition coefficient (Wildman–Crippen LogP) is 0.703. The number of aromatic nitrogens is 1. The molecule has 4 N–H and O–H groups in total. The molecular weight excluding hydrogens is 374 g/mol. The Morgan fingerprint density at radius 1 is 1.00 bits per heavy atom. The molecule has 0 unspecified atom stereocenters. The number of benzene rings is 2. The van der Waals surface area contributed by atoms with Crippen molar-refractivity contribution in [2.24, 2.45) is 0 Å². The van der Waals surface area contributed by atoms with E-state index in [0.29, 0.717) is 5.39 Å². The van der Waals surface area contributed by atoms with Crippen molar-refractivity contribution in [1.29, 1.82) is 0 Å². The second-order valence-electron chi connectivity index (χ2n) is 5.89. The van der Waals surface area contributed by atoms with Crippen LogP contribution in [0, 0.1) is 0 Å². The van der Waals surface area contributed by atoms with Crippen molar-refractivity contribution in [3.05, 3.63) is 63.9 Å². The van der Waals surface area contributed by atoms with E-state index in [2.05, 4.69) is 0 Å². The molecule has 9 nitrogen and oxygen atoms in total. The number of hydrogen-bond donors (Lipinski definition) is 3. The third-order valence-corrected chi connectivity index (χ3v) is 5.26. The zero-order valence-corrected chi connectivity index (χ0v) is 14.3. The molecular formula is C17H11N3O6S. The van der Waals surface area contributed by atoms with Crippen molar-refractivity contribution in [2.45, 2.75) is 4.90 Å². The maximum absolute atomic E-state index is 12.6. The van der Waals surface area contributed by atoms with Crippen molar-refractivity contribution in [3.63, 3.8) is 0 Å². The molecule has 0 saturated heterocycles. The summed E-state index contributed by atoms with van der Waals surface area (Å²) in [5, 5.41) is 2.71. The Bertz CT molecular complexity index is 1340. The van der Waals surface area contributed by atoms with Gasteiger partial charge < -0.3 is 5.73 Å². The fourth-order valence-electron chi connectivity index (χ4n) is 3.21. The molecule has 10 heteroatoms. The Morgan fingerprint density at radius 2 is 1.70 bits per heavy atom. The third kappa shape index (κ3) is 2.42. The van der Waals surface area contributed by atoms with E-state index in [1.54, 1.807) is 24.3 Å². The van der Waals surface area contributed by atoms with Crippen molar-refractivity contribution in [1.82, 2.24) is 9.88 Å². The Morgan fingerprint density at radius 3 is 2.41 bits per heavy atom. The summed E-state index contributed by atoms with van der Waals surface area (Å²) in [4.78, 5) is 35.8. The van der Waals surface area contributed by atoms with Crippen molar-refractivity contribution >= 4 is 38.5 Å². The zero-order valence-electron chi connectivity index (χ0n) is 13.5. The van der Waals surface area contributed by atoms with E-state index in [-0.39, 0.29) is 22.2 Å². The molecule has 0 fully saturated rings. The van der Waals surface area contributed by atoms with Crippen LogP contribution in [0.4, 0.5) is 5.82 Å². The molecule has 1 aliphatic rings. The van der Waals surface area contributed by atoms with Crippen LogP contribution >= 0.6 is 0 Å². The molecule has 2 amide bonds. The average molecular weight is 385 g/mol. The molecule has 4 rings (SSSR count). The van der Waals surface area contributed by atoms with E-state index in [0.717, 1.165) is 10.6 Å². The van der Waals surface area contributed by atoms with Gasteiger partial charge in [-0.15, -0.1) is 0 Å². The van der Waals surface area contributed by atoms with Crippen molar-refractivity contribution in [3.8, 4) is 5.69 Å². The standard InChI is InChI=1S/C17H11N3O6S/c18-15-13-10(16(22)19-17(13)23)7-12(21)20(15)11-6-5-8-3-1-2-4-9(8)14(11)27(24,25)26/h1-7H,18H2,(H,19,22,23)(H,24,25,26). The SMILES string of the molecule is Nc1c2c(cc(=O)n1-c1ccc3ccccc3c1S(=O)(=O)O)C(=O)NC2=O. The number of nitrogens with two attached hydrogens (primary N) is 1. The summed E-state index contributed by atoms with van der Waals surface area (Å²) < 4.78 is 34.7. The van der Waals surface area contributed by atoms with Crippen LogP contribution in [-0.4, -0.2) is 29.4 Å². The maximum Gasteiger partial charge on any atom is 0.297 e. The van der Waals surface area contributed by atoms with Crippen LogP contribution < -0.4 is 16.6 Å². The number of nitrogens with zero attached hydrogens (tertiary/aromatic N) is 1. The summed E-state index contributed by atoms with van der Waals surface area (Å²) in [6.45, 7) is 0. The van der Waals surface area contributed by atoms with Gasteiger partial charge in [-0.3, -0.25) is 28.8 Å². The molecule has 0 radical (unpaired) electrons. The highest BCUT2D eigenvalue weighted by Gasteiger charge is 2.33. The van der Waals surface area contributed by atoms with Crippen LogP contribution in [0.2, 0.25) is 0 Å². The lowest BCUT2D eigenvalue weighted by atomic mass is 10.1. The van der Waals surface area contributed by atoms with Gasteiger partial charge in [0, 0.05) is 11.5 Å². The van der Waals surface area contributed by atoms with Gasteiger partial charge in [0.05, 0.1) is 16.8 Å². The minimum Gasteiger partial charge on any atom is -0.384 e. The van der Waals surface area contributed by atoms with Gasteiger partial charge in [0.15, 0.2) is 0 Å². The summed E-state index contributed by atoms with van der Waals surface area (Å²) in [7, 11) is -4.76. The smallest absolute Gasteiger partial charge is 0.297 e. The van der Waals surface area contributed by atoms with Gasteiger partial charge in [-0.1, -0.05) is 30.3 Å². The zero-order chi connectivity index (χ0) is 19.5. The van der Waals surface area contributed by atoms with Crippen LogP contribution in [-0.2, 0) is 10.1 Å². The lowest BCUT2D eigenvalue weighted by Crippen LogP contribution is -2.25. The first-order valence-electron chi connectivity index (χ1n) is 7.61. The molecule has 0 saturated carbocycles. The van der Waals surface area contributed by atoms with Crippen LogP contribution in [0.15, 0.2) is 52.2 Å². The van der Waals surface area contributed by atoms with Gasteiger partial charge in [-0.2, -0.15) is 8.42 Å². The highest BCUT2D eigenvalue weighted by atomic mass is 32.2. The quantitative estimate of drug-likeness (QED) is 0.434. The van der Waals surface area contributed by atoms with E-state index in [1.807, 2.05) is 5.32 Å². The molecule has 0 aliphatic carbocycles. The second-order valence-corrected chi connectivity index (χ2v) is 7.24. The monoisotopic (exact) mass is 385 g/mol. The molecule has 1 aromatic heterocycles. The van der Waals surface area contributed by atoms with Crippen LogP contribution in [0.25, 0.3) is 16.5 Å². The van der Waals surface area contributed by atoms with Gasteiger partial charge in [-0.05, 0) is 11.5 Å². The highest BCUT2D eigenvalue weighted by Crippen LogP contribution is 2.31. The normalized spacial score (nSPS) is 13.7. The van der Waals surface area contributed by atoms with E-state index in [1.165, 1.54) is 12.1 Å². The average Bonchev–Trinajstić information content (AvgIpc) is 2.87. The minimum absolute atomic E-state index is 0.171. The van der Waals surface area contributed by atoms with E-state index in [9.17, 15) is 27.4 Å². The molecule has 3 aromatic rings. The summed E-state index contributed by atoms with van der Waals surface area (Å²) in [6, 6.07) is 10.1. The van der Waals surface area contributed by atoms with Crippen LogP contribution in [0.3, 0.4) is 0 Å². The number of carbonyl (C=O) groups is 2. The summed E-state index contributed by atoms with van der Waals surface area (Å²) in [5.41, 5.74) is 4.48. The van der Waals surface area contributed by atoms with Crippen molar-refractivity contribution < 1.29 is 22.6 Å². The molecule has 136 valence electrons. The Hall–Kier alpha value is -3.50. The number of amides is 2. The third-order valence-electron chi connectivity index (χ3n) is 4.31. The fraction of sp³-hybridized carbons (Fsp3) is 0. The fourth-order valence-corrected chi connectivity index (χ4v) is 4.09. The molecule has 27 heavy (non-hydrogen) atoms. The number of hydrogen-bond acceptors (Lipinski definition) is 6. The molecule has 0 spiro atoms. The first-order chi connectivity index (χ1) is 12.7. The maximum atomic E-state index is 12.6.